The molecule has 0 aliphatic rings. The summed E-state index contributed by atoms with van der Waals surface area (Å²) >= 11 is 1.55. The van der Waals surface area contributed by atoms with E-state index < -0.39 is 10.2 Å². The Morgan fingerprint density at radius 2 is 2.14 bits per heavy atom. The lowest BCUT2D eigenvalue weighted by molar-refractivity contribution is 0.527. The first-order valence-electron chi connectivity index (χ1n) is 6.18. The van der Waals surface area contributed by atoms with Crippen molar-refractivity contribution in [3.05, 3.63) is 42.0 Å². The number of anilines is 1. The zero-order valence-corrected chi connectivity index (χ0v) is 13.1. The van der Waals surface area contributed by atoms with Crippen LogP contribution in [0.25, 0.3) is 16.2 Å². The zero-order valence-electron chi connectivity index (χ0n) is 11.5. The molecule has 21 heavy (non-hydrogen) atoms. The highest BCUT2D eigenvalue weighted by Crippen LogP contribution is 2.24. The molecule has 2 aromatic heterocycles. The Morgan fingerprint density at radius 1 is 1.33 bits per heavy atom. The van der Waals surface area contributed by atoms with Gasteiger partial charge in [0.1, 0.15) is 0 Å². The fraction of sp³-hybridized carbons (Fsp3) is 0.154. The van der Waals surface area contributed by atoms with Gasteiger partial charge in [-0.25, -0.2) is 4.98 Å². The van der Waals surface area contributed by atoms with Crippen molar-refractivity contribution in [2.24, 2.45) is 0 Å². The Bertz CT molecular complexity index is 852. The van der Waals surface area contributed by atoms with Crippen LogP contribution in [0, 0.1) is 0 Å². The summed E-state index contributed by atoms with van der Waals surface area (Å²) in [4.78, 5) is 5.42. The van der Waals surface area contributed by atoms with Gasteiger partial charge in [-0.2, -0.15) is 12.7 Å². The van der Waals surface area contributed by atoms with E-state index in [1.165, 1.54) is 14.1 Å². The standard InChI is InChI=1S/C13H14N4O2S2/c1-16(2)21(18,19)15-11-5-3-4-10(8-11)12-9-17-6-7-20-13(17)14-12/h3-9,15H,1-2H3. The summed E-state index contributed by atoms with van der Waals surface area (Å²) in [6.07, 6.45) is 3.86. The van der Waals surface area contributed by atoms with Gasteiger partial charge in [-0.15, -0.1) is 11.3 Å². The minimum Gasteiger partial charge on any atom is -0.297 e. The number of nitrogens with zero attached hydrogens (tertiary/aromatic N) is 3. The molecule has 0 aliphatic heterocycles. The number of rotatable bonds is 4. The molecular weight excluding hydrogens is 308 g/mol. The highest BCUT2D eigenvalue weighted by atomic mass is 32.2. The van der Waals surface area contributed by atoms with Gasteiger partial charge in [-0.1, -0.05) is 12.1 Å². The largest absolute Gasteiger partial charge is 0.301 e. The summed E-state index contributed by atoms with van der Waals surface area (Å²) in [5.74, 6) is 0. The summed E-state index contributed by atoms with van der Waals surface area (Å²) in [5, 5.41) is 1.97. The third kappa shape index (κ3) is 2.78. The number of benzene rings is 1. The molecule has 3 aromatic rings. The molecule has 0 radical (unpaired) electrons. The maximum atomic E-state index is 11.8. The van der Waals surface area contributed by atoms with Crippen LogP contribution < -0.4 is 4.72 Å². The number of imidazole rings is 1. The van der Waals surface area contributed by atoms with Crippen LogP contribution in [0.5, 0.6) is 0 Å². The van der Waals surface area contributed by atoms with E-state index in [0.717, 1.165) is 20.5 Å². The van der Waals surface area contributed by atoms with E-state index in [1.54, 1.807) is 29.5 Å². The van der Waals surface area contributed by atoms with Crippen LogP contribution in [0.3, 0.4) is 0 Å². The predicted molar refractivity (Wildman–Crippen MR) is 84.7 cm³/mol. The SMILES string of the molecule is CN(C)S(=O)(=O)Nc1cccc(-c2cn3ccsc3n2)c1. The van der Waals surface area contributed by atoms with Gasteiger partial charge in [0.2, 0.25) is 0 Å². The Balaban J connectivity index is 1.95. The maximum Gasteiger partial charge on any atom is 0.301 e. The van der Waals surface area contributed by atoms with E-state index in [0.29, 0.717) is 5.69 Å². The van der Waals surface area contributed by atoms with Crippen LogP contribution in [0.15, 0.2) is 42.0 Å². The fourth-order valence-corrected chi connectivity index (χ4v) is 3.16. The Labute approximate surface area is 126 Å². The molecule has 0 saturated heterocycles. The van der Waals surface area contributed by atoms with E-state index in [4.69, 9.17) is 0 Å². The molecule has 1 N–H and O–H groups in total. The molecule has 0 aliphatic carbocycles. The molecule has 0 atom stereocenters. The van der Waals surface area contributed by atoms with Gasteiger partial charge >= 0.3 is 10.2 Å². The summed E-state index contributed by atoms with van der Waals surface area (Å²) in [5.41, 5.74) is 2.19. The number of thiazole rings is 1. The van der Waals surface area contributed by atoms with Crippen LogP contribution in [-0.2, 0) is 10.2 Å². The van der Waals surface area contributed by atoms with E-state index in [1.807, 2.05) is 28.2 Å². The van der Waals surface area contributed by atoms with Crippen molar-refractivity contribution in [2.45, 2.75) is 0 Å². The minimum atomic E-state index is -3.50. The lowest BCUT2D eigenvalue weighted by Crippen LogP contribution is -2.28. The second kappa shape index (κ2) is 5.14. The molecule has 3 rings (SSSR count). The van der Waals surface area contributed by atoms with Gasteiger partial charge < -0.3 is 0 Å². The fourth-order valence-electron chi connectivity index (χ4n) is 1.85. The van der Waals surface area contributed by atoms with Crippen molar-refractivity contribution in [3.63, 3.8) is 0 Å². The summed E-state index contributed by atoms with van der Waals surface area (Å²) < 4.78 is 29.3. The first kappa shape index (κ1) is 14.1. The van der Waals surface area contributed by atoms with Gasteiger partial charge in [0.15, 0.2) is 4.96 Å². The van der Waals surface area contributed by atoms with Crippen molar-refractivity contribution >= 4 is 32.2 Å². The molecule has 2 heterocycles. The molecule has 0 saturated carbocycles. The molecule has 1 aromatic carbocycles. The Kier molecular flexibility index (Phi) is 3.44. The van der Waals surface area contributed by atoms with Crippen molar-refractivity contribution in [2.75, 3.05) is 18.8 Å². The van der Waals surface area contributed by atoms with Gasteiger partial charge in [0, 0.05) is 37.4 Å². The average molecular weight is 322 g/mol. The van der Waals surface area contributed by atoms with Crippen molar-refractivity contribution in [1.82, 2.24) is 13.7 Å². The molecule has 110 valence electrons. The topological polar surface area (TPSA) is 66.7 Å². The van der Waals surface area contributed by atoms with E-state index in [-0.39, 0.29) is 0 Å². The van der Waals surface area contributed by atoms with Crippen LogP contribution in [0.1, 0.15) is 0 Å². The van der Waals surface area contributed by atoms with Gasteiger partial charge in [-0.05, 0) is 12.1 Å². The zero-order chi connectivity index (χ0) is 15.0. The average Bonchev–Trinajstić information content (AvgIpc) is 2.98. The molecule has 0 bridgehead atoms. The second-order valence-electron chi connectivity index (χ2n) is 4.69. The minimum absolute atomic E-state index is 0.512. The number of aromatic nitrogens is 2. The van der Waals surface area contributed by atoms with E-state index >= 15 is 0 Å². The monoisotopic (exact) mass is 322 g/mol. The lowest BCUT2D eigenvalue weighted by Gasteiger charge is -2.13. The summed E-state index contributed by atoms with van der Waals surface area (Å²) in [6, 6.07) is 7.19. The smallest absolute Gasteiger partial charge is 0.297 e. The molecule has 0 spiro atoms. The van der Waals surface area contributed by atoms with Gasteiger partial charge in [0.05, 0.1) is 11.4 Å². The predicted octanol–water partition coefficient (Wildman–Crippen LogP) is 2.28. The van der Waals surface area contributed by atoms with Crippen LogP contribution in [-0.4, -0.2) is 36.2 Å². The Hall–Kier alpha value is -1.90. The summed E-state index contributed by atoms with van der Waals surface area (Å²) in [7, 11) is -0.541. The Morgan fingerprint density at radius 3 is 2.86 bits per heavy atom. The lowest BCUT2D eigenvalue weighted by atomic mass is 10.1. The first-order chi connectivity index (χ1) is 9.95. The van der Waals surface area contributed by atoms with Crippen LogP contribution in [0.4, 0.5) is 5.69 Å². The molecule has 8 heteroatoms. The summed E-state index contributed by atoms with van der Waals surface area (Å²) in [6.45, 7) is 0. The molecule has 0 unspecified atom stereocenters. The van der Waals surface area contributed by atoms with E-state index in [2.05, 4.69) is 9.71 Å². The number of nitrogens with one attached hydrogen (secondary N) is 1. The number of fused-ring (bicyclic) bond motifs is 1. The van der Waals surface area contributed by atoms with Crippen LogP contribution in [0.2, 0.25) is 0 Å². The molecular formula is C13H14N4O2S2. The molecule has 0 amide bonds. The quantitative estimate of drug-likeness (QED) is 0.801. The second-order valence-corrected chi connectivity index (χ2v) is 7.45. The van der Waals surface area contributed by atoms with Gasteiger partial charge in [0.25, 0.3) is 0 Å². The highest BCUT2D eigenvalue weighted by Gasteiger charge is 2.13. The number of hydrogen-bond acceptors (Lipinski definition) is 4. The third-order valence-electron chi connectivity index (χ3n) is 2.98. The maximum absolute atomic E-state index is 11.8. The first-order valence-corrected chi connectivity index (χ1v) is 8.50. The highest BCUT2D eigenvalue weighted by molar-refractivity contribution is 7.90. The molecule has 0 fully saturated rings. The van der Waals surface area contributed by atoms with Gasteiger partial charge in [-0.3, -0.25) is 9.12 Å². The van der Waals surface area contributed by atoms with Crippen molar-refractivity contribution in [1.29, 1.82) is 0 Å². The van der Waals surface area contributed by atoms with Crippen molar-refractivity contribution in [3.8, 4) is 11.3 Å². The van der Waals surface area contributed by atoms with Crippen LogP contribution >= 0.6 is 11.3 Å². The van der Waals surface area contributed by atoms with E-state index in [9.17, 15) is 8.42 Å². The normalized spacial score (nSPS) is 12.1. The third-order valence-corrected chi connectivity index (χ3v) is 5.20. The van der Waals surface area contributed by atoms with Crippen molar-refractivity contribution < 1.29 is 8.42 Å². The number of hydrogen-bond donors (Lipinski definition) is 1. The molecule has 6 nitrogen and oxygen atoms in total.